The van der Waals surface area contributed by atoms with E-state index in [2.05, 4.69) is 24.7 Å². The molecule has 1 aliphatic heterocycles. The molecule has 0 spiro atoms. The van der Waals surface area contributed by atoms with Crippen molar-refractivity contribution in [2.45, 2.75) is 24.2 Å². The van der Waals surface area contributed by atoms with Crippen molar-refractivity contribution in [1.29, 1.82) is 0 Å². The number of hydrogen-bond donors (Lipinski definition) is 0. The Balaban J connectivity index is 2.15. The molecule has 0 saturated carbocycles. The van der Waals surface area contributed by atoms with Gasteiger partial charge in [-0.3, -0.25) is 0 Å². The molecule has 0 fully saturated rings. The molecule has 0 amide bonds. The Hall–Kier alpha value is -0.570. The van der Waals surface area contributed by atoms with Crippen LogP contribution in [0.4, 0.5) is 11.4 Å². The van der Waals surface area contributed by atoms with Crippen LogP contribution < -0.4 is 0 Å². The molecule has 1 heterocycles. The minimum Gasteiger partial charge on any atom is -0.207 e. The normalized spacial score (nSPS) is 13.6. The van der Waals surface area contributed by atoms with Crippen LogP contribution in [0.3, 0.4) is 0 Å². The first kappa shape index (κ1) is 15.8. The molecule has 0 atom stereocenters. The first-order chi connectivity index (χ1) is 9.57. The van der Waals surface area contributed by atoms with E-state index >= 15 is 0 Å². The number of rotatable bonds is 7. The van der Waals surface area contributed by atoms with Gasteiger partial charge in [0.2, 0.25) is 10.0 Å². The molecule has 1 aliphatic rings. The lowest BCUT2D eigenvalue weighted by molar-refractivity contribution is 0.455. The fourth-order valence-electron chi connectivity index (χ4n) is 1.88. The van der Waals surface area contributed by atoms with Gasteiger partial charge in [0, 0.05) is 18.9 Å². The maximum Gasteiger partial charge on any atom is 0.245 e. The third-order valence-corrected chi connectivity index (χ3v) is 6.04. The van der Waals surface area contributed by atoms with Crippen LogP contribution in [0.5, 0.6) is 0 Å². The molecule has 1 aromatic carbocycles. The molecule has 8 heteroatoms. The summed E-state index contributed by atoms with van der Waals surface area (Å²) in [6, 6.07) is 5.07. The molecule has 0 aliphatic carbocycles. The lowest BCUT2D eigenvalue weighted by Crippen LogP contribution is -2.28. The van der Waals surface area contributed by atoms with Gasteiger partial charge >= 0.3 is 0 Å². The Morgan fingerprint density at radius 2 is 2.05 bits per heavy atom. The molecule has 0 aromatic heterocycles. The first-order valence-corrected chi connectivity index (χ1v) is 9.60. The number of unbranched alkanes of at least 4 members (excludes halogenated alkanes) is 2. The van der Waals surface area contributed by atoms with Gasteiger partial charge in [0.25, 0.3) is 0 Å². The van der Waals surface area contributed by atoms with Crippen LogP contribution in [-0.4, -0.2) is 31.6 Å². The maximum absolute atomic E-state index is 12.6. The molecule has 20 heavy (non-hydrogen) atoms. The van der Waals surface area contributed by atoms with E-state index in [1.807, 2.05) is 0 Å². The molecule has 0 radical (unpaired) electrons. The Morgan fingerprint density at radius 3 is 2.80 bits per heavy atom. The molecule has 110 valence electrons. The zero-order chi connectivity index (χ0) is 14.6. The van der Waals surface area contributed by atoms with E-state index in [1.165, 1.54) is 4.31 Å². The van der Waals surface area contributed by atoms with Gasteiger partial charge in [0.15, 0.2) is 0 Å². The summed E-state index contributed by atoms with van der Waals surface area (Å²) in [7, 11) is -1.88. The van der Waals surface area contributed by atoms with Crippen molar-refractivity contribution >= 4 is 48.7 Å². The van der Waals surface area contributed by atoms with E-state index in [0.29, 0.717) is 17.9 Å². The third-order valence-electron chi connectivity index (χ3n) is 3.04. The van der Waals surface area contributed by atoms with Crippen LogP contribution in [0.2, 0.25) is 0 Å². The van der Waals surface area contributed by atoms with Gasteiger partial charge in [-0.2, -0.15) is 8.73 Å². The summed E-state index contributed by atoms with van der Waals surface area (Å²) in [5, 5.41) is 0.952. The second kappa shape index (κ2) is 6.93. The SMILES string of the molecule is CN(CCCCCBr)S(=O)(=O)c1cccc2c1N=S=N2. The van der Waals surface area contributed by atoms with Crippen LogP contribution >= 0.6 is 15.9 Å². The maximum atomic E-state index is 12.6. The highest BCUT2D eigenvalue weighted by molar-refractivity contribution is 9.09. The standard InChI is InChI=1S/C12H16BrN3O2S2/c1-16(9-4-2-3-8-13)20(17,18)11-7-5-6-10-12(11)15-19-14-10/h5-7H,2-4,8-9H2,1H3. The summed E-state index contributed by atoms with van der Waals surface area (Å²) in [4.78, 5) is 0.242. The number of benzene rings is 1. The number of hydrogen-bond acceptors (Lipinski definition) is 4. The van der Waals surface area contributed by atoms with Crippen LogP contribution in [0.1, 0.15) is 19.3 Å². The Labute approximate surface area is 131 Å². The lowest BCUT2D eigenvalue weighted by Gasteiger charge is -2.17. The highest BCUT2D eigenvalue weighted by atomic mass is 79.9. The molecular formula is C12H16BrN3O2S2. The van der Waals surface area contributed by atoms with E-state index in [-0.39, 0.29) is 4.90 Å². The summed E-state index contributed by atoms with van der Waals surface area (Å²) in [6.07, 6.45) is 2.92. The van der Waals surface area contributed by atoms with Gasteiger partial charge < -0.3 is 0 Å². The van der Waals surface area contributed by atoms with Crippen molar-refractivity contribution in [2.24, 2.45) is 8.73 Å². The van der Waals surface area contributed by atoms with E-state index in [4.69, 9.17) is 0 Å². The Bertz CT molecular complexity index is 655. The van der Waals surface area contributed by atoms with E-state index in [0.717, 1.165) is 35.9 Å². The van der Waals surface area contributed by atoms with Crippen molar-refractivity contribution in [1.82, 2.24) is 4.31 Å². The lowest BCUT2D eigenvalue weighted by atomic mass is 10.2. The first-order valence-electron chi connectivity index (χ1n) is 6.31. The zero-order valence-corrected chi connectivity index (χ0v) is 14.3. The van der Waals surface area contributed by atoms with Gasteiger partial charge in [0.05, 0.1) is 11.4 Å². The number of sulfonamides is 1. The fraction of sp³-hybridized carbons (Fsp3) is 0.500. The highest BCUT2D eigenvalue weighted by Crippen LogP contribution is 2.38. The average Bonchev–Trinajstić information content (AvgIpc) is 2.91. The van der Waals surface area contributed by atoms with E-state index in [1.54, 1.807) is 25.2 Å². The van der Waals surface area contributed by atoms with Crippen molar-refractivity contribution in [3.63, 3.8) is 0 Å². The predicted molar refractivity (Wildman–Crippen MR) is 85.4 cm³/mol. The molecule has 0 bridgehead atoms. The number of alkyl halides is 1. The molecule has 5 nitrogen and oxygen atoms in total. The smallest absolute Gasteiger partial charge is 0.207 e. The number of nitrogens with zero attached hydrogens (tertiary/aromatic N) is 3. The summed E-state index contributed by atoms with van der Waals surface area (Å²) < 4.78 is 34.7. The molecule has 1 aromatic rings. The van der Waals surface area contributed by atoms with Crippen LogP contribution in [-0.2, 0) is 21.4 Å². The minimum atomic E-state index is -3.50. The van der Waals surface area contributed by atoms with Crippen molar-refractivity contribution in [3.8, 4) is 0 Å². The van der Waals surface area contributed by atoms with Crippen LogP contribution in [0.15, 0.2) is 31.8 Å². The van der Waals surface area contributed by atoms with Crippen molar-refractivity contribution in [2.75, 3.05) is 18.9 Å². The molecule has 0 N–H and O–H groups in total. The molecular weight excluding hydrogens is 362 g/mol. The second-order valence-electron chi connectivity index (χ2n) is 4.46. The minimum absolute atomic E-state index is 0.242. The summed E-state index contributed by atoms with van der Waals surface area (Å²) in [6.45, 7) is 0.517. The average molecular weight is 378 g/mol. The van der Waals surface area contributed by atoms with E-state index < -0.39 is 10.0 Å². The molecule has 0 saturated heterocycles. The van der Waals surface area contributed by atoms with Crippen LogP contribution in [0, 0.1) is 0 Å². The fourth-order valence-corrected chi connectivity index (χ4v) is 4.24. The van der Waals surface area contributed by atoms with Crippen molar-refractivity contribution in [3.05, 3.63) is 18.2 Å². The number of fused-ring (bicyclic) bond motifs is 1. The predicted octanol–water partition coefficient (Wildman–Crippen LogP) is 3.60. The largest absolute Gasteiger partial charge is 0.245 e. The quantitative estimate of drug-likeness (QED) is 0.546. The van der Waals surface area contributed by atoms with Gasteiger partial charge in [-0.1, -0.05) is 28.4 Å². The highest BCUT2D eigenvalue weighted by Gasteiger charge is 2.26. The zero-order valence-electron chi connectivity index (χ0n) is 11.1. The Kier molecular flexibility index (Phi) is 5.48. The Morgan fingerprint density at radius 1 is 1.25 bits per heavy atom. The summed E-state index contributed by atoms with van der Waals surface area (Å²) in [5.74, 6) is 0. The monoisotopic (exact) mass is 377 g/mol. The van der Waals surface area contributed by atoms with Gasteiger partial charge in [-0.25, -0.2) is 12.7 Å². The summed E-state index contributed by atoms with van der Waals surface area (Å²) >= 11 is 4.40. The van der Waals surface area contributed by atoms with E-state index in [9.17, 15) is 8.42 Å². The topological polar surface area (TPSA) is 62.1 Å². The summed E-state index contributed by atoms with van der Waals surface area (Å²) in [5.41, 5.74) is 1.09. The van der Waals surface area contributed by atoms with Gasteiger partial charge in [-0.05, 0) is 25.0 Å². The molecule has 2 rings (SSSR count). The number of halogens is 1. The van der Waals surface area contributed by atoms with Crippen LogP contribution in [0.25, 0.3) is 0 Å². The second-order valence-corrected chi connectivity index (χ2v) is 7.80. The molecule has 0 unspecified atom stereocenters. The third kappa shape index (κ3) is 3.36. The van der Waals surface area contributed by atoms with Crippen molar-refractivity contribution < 1.29 is 8.42 Å². The van der Waals surface area contributed by atoms with Gasteiger partial charge in [-0.15, -0.1) is 0 Å². The van der Waals surface area contributed by atoms with Gasteiger partial charge in [0.1, 0.15) is 16.3 Å².